The van der Waals surface area contributed by atoms with E-state index in [4.69, 9.17) is 0 Å². The molecule has 2 aromatic rings. The number of carbonyl (C=O) groups is 1. The molecule has 1 amide bonds. The van der Waals surface area contributed by atoms with Gasteiger partial charge in [-0.25, -0.2) is 12.8 Å². The third-order valence-corrected chi connectivity index (χ3v) is 7.72. The Morgan fingerprint density at radius 3 is 2.29 bits per heavy atom. The lowest BCUT2D eigenvalue weighted by Crippen LogP contribution is -2.45. The molecular formula is C24H31FN2O3S. The third kappa shape index (κ3) is 5.52. The van der Waals surface area contributed by atoms with Crippen molar-refractivity contribution < 1.29 is 17.6 Å². The SMILES string of the molecule is C[C@@H](NC(=O)[C@@H]1CCCN(S(=O)(=O)c2ccc(F)cc2)C1)c1ccc(C(C)(C)C)cc1. The molecule has 3 rings (SSSR count). The molecule has 1 aliphatic rings. The van der Waals surface area contributed by atoms with Crippen LogP contribution in [0, 0.1) is 11.7 Å². The maximum absolute atomic E-state index is 13.2. The topological polar surface area (TPSA) is 66.5 Å². The van der Waals surface area contributed by atoms with E-state index in [-0.39, 0.29) is 28.8 Å². The van der Waals surface area contributed by atoms with Gasteiger partial charge in [0, 0.05) is 13.1 Å². The average Bonchev–Trinajstić information content (AvgIpc) is 2.73. The fourth-order valence-corrected chi connectivity index (χ4v) is 5.34. The summed E-state index contributed by atoms with van der Waals surface area (Å²) < 4.78 is 40.3. The van der Waals surface area contributed by atoms with Crippen molar-refractivity contribution in [3.63, 3.8) is 0 Å². The smallest absolute Gasteiger partial charge is 0.243 e. The lowest BCUT2D eigenvalue weighted by atomic mass is 9.86. The van der Waals surface area contributed by atoms with Gasteiger partial charge in [0.05, 0.1) is 16.9 Å². The van der Waals surface area contributed by atoms with Crippen LogP contribution in [0.4, 0.5) is 4.39 Å². The van der Waals surface area contributed by atoms with E-state index in [1.54, 1.807) is 0 Å². The molecule has 1 aliphatic heterocycles. The van der Waals surface area contributed by atoms with Crippen LogP contribution >= 0.6 is 0 Å². The minimum Gasteiger partial charge on any atom is -0.349 e. The maximum atomic E-state index is 13.2. The number of hydrogen-bond donors (Lipinski definition) is 1. The van der Waals surface area contributed by atoms with Gasteiger partial charge in [-0.05, 0) is 60.6 Å². The number of nitrogens with one attached hydrogen (secondary N) is 1. The molecule has 1 saturated heterocycles. The number of amides is 1. The van der Waals surface area contributed by atoms with Crippen LogP contribution in [0.3, 0.4) is 0 Å². The summed E-state index contributed by atoms with van der Waals surface area (Å²) in [5.41, 5.74) is 2.30. The van der Waals surface area contributed by atoms with Crippen molar-refractivity contribution in [3.8, 4) is 0 Å². The number of hydrogen-bond acceptors (Lipinski definition) is 3. The summed E-state index contributed by atoms with van der Waals surface area (Å²) in [6, 6.07) is 12.8. The largest absolute Gasteiger partial charge is 0.349 e. The Balaban J connectivity index is 1.66. The van der Waals surface area contributed by atoms with Crippen LogP contribution in [0.2, 0.25) is 0 Å². The molecule has 0 radical (unpaired) electrons. The number of piperidine rings is 1. The van der Waals surface area contributed by atoms with Gasteiger partial charge < -0.3 is 5.32 Å². The van der Waals surface area contributed by atoms with E-state index in [2.05, 4.69) is 38.2 Å². The Hall–Kier alpha value is -2.25. The quantitative estimate of drug-likeness (QED) is 0.740. The summed E-state index contributed by atoms with van der Waals surface area (Å²) in [5.74, 6) is -1.05. The lowest BCUT2D eigenvalue weighted by Gasteiger charge is -2.32. The number of rotatable bonds is 5. The summed E-state index contributed by atoms with van der Waals surface area (Å²) >= 11 is 0. The van der Waals surface area contributed by atoms with Gasteiger partial charge in [-0.1, -0.05) is 45.0 Å². The molecular weight excluding hydrogens is 415 g/mol. The van der Waals surface area contributed by atoms with Crippen LogP contribution in [0.15, 0.2) is 53.4 Å². The molecule has 0 aromatic heterocycles. The van der Waals surface area contributed by atoms with Crippen molar-refractivity contribution in [1.82, 2.24) is 9.62 Å². The van der Waals surface area contributed by atoms with Crippen molar-refractivity contribution in [1.29, 1.82) is 0 Å². The average molecular weight is 447 g/mol. The fourth-order valence-electron chi connectivity index (χ4n) is 3.82. The molecule has 0 unspecified atom stereocenters. The number of halogens is 1. The molecule has 0 bridgehead atoms. The molecule has 0 spiro atoms. The number of nitrogens with zero attached hydrogens (tertiary/aromatic N) is 1. The molecule has 168 valence electrons. The monoisotopic (exact) mass is 446 g/mol. The minimum atomic E-state index is -3.76. The van der Waals surface area contributed by atoms with E-state index in [9.17, 15) is 17.6 Å². The van der Waals surface area contributed by atoms with E-state index >= 15 is 0 Å². The molecule has 1 heterocycles. The Morgan fingerprint density at radius 1 is 1.10 bits per heavy atom. The van der Waals surface area contributed by atoms with Crippen LogP contribution in [-0.4, -0.2) is 31.7 Å². The van der Waals surface area contributed by atoms with Crippen molar-refractivity contribution >= 4 is 15.9 Å². The standard InChI is InChI=1S/C24H31FN2O3S/c1-17(18-7-9-20(10-8-18)24(2,3)4)26-23(28)19-6-5-15-27(16-19)31(29,30)22-13-11-21(25)12-14-22/h7-14,17,19H,5-6,15-16H2,1-4H3,(H,26,28)/t17-,19-/m1/s1. The van der Waals surface area contributed by atoms with Crippen LogP contribution in [0.1, 0.15) is 57.7 Å². The molecule has 2 aromatic carbocycles. The lowest BCUT2D eigenvalue weighted by molar-refractivity contribution is -0.126. The number of benzene rings is 2. The van der Waals surface area contributed by atoms with E-state index in [0.717, 1.165) is 17.7 Å². The zero-order chi connectivity index (χ0) is 22.8. The second-order valence-electron chi connectivity index (χ2n) is 9.26. The molecule has 5 nitrogen and oxygen atoms in total. The number of sulfonamides is 1. The van der Waals surface area contributed by atoms with Crippen LogP contribution < -0.4 is 5.32 Å². The highest BCUT2D eigenvalue weighted by atomic mass is 32.2. The summed E-state index contributed by atoms with van der Waals surface area (Å²) in [5, 5.41) is 3.03. The zero-order valence-electron chi connectivity index (χ0n) is 18.6. The van der Waals surface area contributed by atoms with Crippen molar-refractivity contribution in [3.05, 3.63) is 65.5 Å². The minimum absolute atomic E-state index is 0.0438. The van der Waals surface area contributed by atoms with Gasteiger partial charge in [0.1, 0.15) is 5.82 Å². The predicted molar refractivity (Wildman–Crippen MR) is 120 cm³/mol. The predicted octanol–water partition coefficient (Wildman–Crippen LogP) is 4.40. The highest BCUT2D eigenvalue weighted by Gasteiger charge is 2.33. The third-order valence-electron chi connectivity index (χ3n) is 5.84. The molecule has 0 aliphatic carbocycles. The number of carbonyl (C=O) groups excluding carboxylic acids is 1. The van der Waals surface area contributed by atoms with Gasteiger partial charge in [-0.2, -0.15) is 4.31 Å². The molecule has 1 N–H and O–H groups in total. The van der Waals surface area contributed by atoms with Crippen LogP contribution in [-0.2, 0) is 20.2 Å². The Bertz CT molecular complexity index is 1010. The first-order valence-corrected chi connectivity index (χ1v) is 12.1. The summed E-state index contributed by atoms with van der Waals surface area (Å²) in [4.78, 5) is 12.9. The molecule has 2 atom stereocenters. The maximum Gasteiger partial charge on any atom is 0.243 e. The first-order valence-electron chi connectivity index (χ1n) is 10.6. The van der Waals surface area contributed by atoms with Gasteiger partial charge in [0.2, 0.25) is 15.9 Å². The second-order valence-corrected chi connectivity index (χ2v) is 11.2. The molecule has 31 heavy (non-hydrogen) atoms. The van der Waals surface area contributed by atoms with Gasteiger partial charge in [-0.15, -0.1) is 0 Å². The zero-order valence-corrected chi connectivity index (χ0v) is 19.4. The normalized spacial score (nSPS) is 19.1. The first kappa shape index (κ1) is 23.4. The first-order chi connectivity index (χ1) is 14.5. The molecule has 1 fully saturated rings. The Kier molecular flexibility index (Phi) is 6.86. The summed E-state index contributed by atoms with van der Waals surface area (Å²) in [6.45, 7) is 8.88. The summed E-state index contributed by atoms with van der Waals surface area (Å²) in [6.07, 6.45) is 1.24. The Labute approximate surface area is 184 Å². The van der Waals surface area contributed by atoms with Crippen LogP contribution in [0.25, 0.3) is 0 Å². The summed E-state index contributed by atoms with van der Waals surface area (Å²) in [7, 11) is -3.76. The van der Waals surface area contributed by atoms with Gasteiger partial charge in [0.25, 0.3) is 0 Å². The molecule has 0 saturated carbocycles. The van der Waals surface area contributed by atoms with E-state index in [0.29, 0.717) is 19.4 Å². The fraction of sp³-hybridized carbons (Fsp3) is 0.458. The van der Waals surface area contributed by atoms with Gasteiger partial charge >= 0.3 is 0 Å². The van der Waals surface area contributed by atoms with Crippen molar-refractivity contribution in [2.45, 2.75) is 56.9 Å². The van der Waals surface area contributed by atoms with Gasteiger partial charge in [0.15, 0.2) is 0 Å². The highest BCUT2D eigenvalue weighted by Crippen LogP contribution is 2.26. The Morgan fingerprint density at radius 2 is 1.71 bits per heavy atom. The van der Waals surface area contributed by atoms with Gasteiger partial charge in [-0.3, -0.25) is 4.79 Å². The van der Waals surface area contributed by atoms with Crippen LogP contribution in [0.5, 0.6) is 0 Å². The van der Waals surface area contributed by atoms with E-state index < -0.39 is 21.8 Å². The molecule has 7 heteroatoms. The van der Waals surface area contributed by atoms with Crippen molar-refractivity contribution in [2.24, 2.45) is 5.92 Å². The van der Waals surface area contributed by atoms with E-state index in [1.807, 2.05) is 19.1 Å². The van der Waals surface area contributed by atoms with Crippen molar-refractivity contribution in [2.75, 3.05) is 13.1 Å². The van der Waals surface area contributed by atoms with E-state index in [1.165, 1.54) is 22.0 Å². The highest BCUT2D eigenvalue weighted by molar-refractivity contribution is 7.89. The second kappa shape index (κ2) is 9.09.